The fourth-order valence-electron chi connectivity index (χ4n) is 5.95. The molecule has 1 fully saturated rings. The molecule has 1 aromatic heterocycles. The van der Waals surface area contributed by atoms with E-state index in [1.54, 1.807) is 4.90 Å². The van der Waals surface area contributed by atoms with Crippen molar-refractivity contribution in [1.29, 1.82) is 0 Å². The van der Waals surface area contributed by atoms with E-state index in [0.717, 1.165) is 28.6 Å². The number of nitrogens with one attached hydrogen (secondary N) is 1. The molecule has 3 aromatic rings. The Hall–Kier alpha value is -2.49. The van der Waals surface area contributed by atoms with Gasteiger partial charge in [-0.05, 0) is 49.1 Å². The molecular weight excluding hydrogens is 489 g/mol. The second kappa shape index (κ2) is 10.7. The molecule has 1 saturated heterocycles. The molecule has 0 amide bonds. The summed E-state index contributed by atoms with van der Waals surface area (Å²) in [7, 11) is 0. The minimum absolute atomic E-state index is 0.0695. The van der Waals surface area contributed by atoms with Gasteiger partial charge in [-0.15, -0.1) is 0 Å². The molecule has 2 aliphatic heterocycles. The normalized spacial score (nSPS) is 22.7. The number of aliphatic hydroxyl groups excluding tert-OH is 1. The first-order valence-corrected chi connectivity index (χ1v) is 12.8. The van der Waals surface area contributed by atoms with Crippen LogP contribution in [0.15, 0.2) is 36.4 Å². The van der Waals surface area contributed by atoms with Crippen LogP contribution in [0.25, 0.3) is 10.9 Å². The van der Waals surface area contributed by atoms with Crippen LogP contribution in [-0.4, -0.2) is 71.6 Å². The third kappa shape index (κ3) is 4.89. The van der Waals surface area contributed by atoms with E-state index >= 15 is 13.2 Å². The molecule has 2 aromatic carbocycles. The van der Waals surface area contributed by atoms with Gasteiger partial charge in [-0.1, -0.05) is 18.2 Å². The van der Waals surface area contributed by atoms with E-state index in [1.165, 1.54) is 0 Å². The molecule has 1 unspecified atom stereocenters. The third-order valence-electron chi connectivity index (χ3n) is 7.82. The molecule has 37 heavy (non-hydrogen) atoms. The highest BCUT2D eigenvalue weighted by molar-refractivity contribution is 5.85. The van der Waals surface area contributed by atoms with Crippen molar-refractivity contribution in [3.8, 4) is 0 Å². The van der Waals surface area contributed by atoms with Crippen LogP contribution in [0.4, 0.5) is 22.0 Å². The topological polar surface area (TPSA) is 42.5 Å². The Labute approximate surface area is 213 Å². The Morgan fingerprint density at radius 1 is 1.11 bits per heavy atom. The molecule has 4 nitrogen and oxygen atoms in total. The molecular formula is C28H32F5N3O. The maximum absolute atomic E-state index is 15.7. The Kier molecular flexibility index (Phi) is 7.56. The number of H-pyrrole nitrogens is 1. The van der Waals surface area contributed by atoms with Crippen molar-refractivity contribution in [2.24, 2.45) is 5.92 Å². The largest absolute Gasteiger partial charge is 0.393 e. The number of aromatic amines is 1. The average molecular weight is 522 g/mol. The van der Waals surface area contributed by atoms with Crippen LogP contribution in [0.5, 0.6) is 0 Å². The molecule has 0 aliphatic carbocycles. The second-order valence-corrected chi connectivity index (χ2v) is 10.4. The first kappa shape index (κ1) is 26.1. The van der Waals surface area contributed by atoms with E-state index < -0.39 is 49.2 Å². The van der Waals surface area contributed by atoms with Crippen molar-refractivity contribution in [2.45, 2.75) is 44.2 Å². The van der Waals surface area contributed by atoms with Crippen molar-refractivity contribution < 1.29 is 27.1 Å². The zero-order valence-corrected chi connectivity index (χ0v) is 20.7. The highest BCUT2D eigenvalue weighted by Gasteiger charge is 2.41. The molecule has 2 N–H and O–H groups in total. The van der Waals surface area contributed by atoms with Gasteiger partial charge >= 0.3 is 0 Å². The summed E-state index contributed by atoms with van der Waals surface area (Å²) in [4.78, 5) is 6.88. The van der Waals surface area contributed by atoms with Gasteiger partial charge in [0.15, 0.2) is 0 Å². The number of rotatable bonds is 9. The lowest BCUT2D eigenvalue weighted by Crippen LogP contribution is -2.48. The minimum atomic E-state index is -1.59. The molecule has 0 saturated carbocycles. The molecule has 4 atom stereocenters. The first-order valence-electron chi connectivity index (χ1n) is 12.8. The molecule has 3 heterocycles. The van der Waals surface area contributed by atoms with Gasteiger partial charge in [0.2, 0.25) is 0 Å². The summed E-state index contributed by atoms with van der Waals surface area (Å²) < 4.78 is 73.4. The number of nitrogens with zero attached hydrogens (tertiary/aromatic N) is 2. The predicted molar refractivity (Wildman–Crippen MR) is 133 cm³/mol. The van der Waals surface area contributed by atoms with Crippen molar-refractivity contribution in [1.82, 2.24) is 14.8 Å². The summed E-state index contributed by atoms with van der Waals surface area (Å²) in [6.07, 6.45) is -2.21. The van der Waals surface area contributed by atoms with Gasteiger partial charge in [-0.3, -0.25) is 9.29 Å². The Balaban J connectivity index is 1.51. The molecule has 9 heteroatoms. The summed E-state index contributed by atoms with van der Waals surface area (Å²) in [6.45, 7) is 1.89. The number of likely N-dealkylation sites (tertiary alicyclic amines) is 1. The Morgan fingerprint density at radius 2 is 1.81 bits per heavy atom. The number of fused-ring (bicyclic) bond motifs is 3. The van der Waals surface area contributed by atoms with Crippen LogP contribution in [-0.2, 0) is 6.42 Å². The monoisotopic (exact) mass is 521 g/mol. The zero-order valence-electron chi connectivity index (χ0n) is 20.7. The van der Waals surface area contributed by atoms with Crippen molar-refractivity contribution in [3.63, 3.8) is 0 Å². The molecule has 200 valence electrons. The van der Waals surface area contributed by atoms with Gasteiger partial charge in [-0.25, -0.2) is 17.6 Å². The third-order valence-corrected chi connectivity index (χ3v) is 7.82. The zero-order chi connectivity index (χ0) is 26.3. The lowest BCUT2D eigenvalue weighted by atomic mass is 9.85. The molecule has 0 spiro atoms. The predicted octanol–water partition coefficient (Wildman–Crippen LogP) is 5.41. The standard InChI is InChI=1S/C28H32F5N3O/c1-16-9-21-20-5-2-3-6-24(20)34-27(21)28(36(16)14-19(30)15-37)25-22(31)10-17(11-23(25)32)26(33)18-12-35(13-18)8-4-7-29/h2-3,5-6,10-11,16,18-19,26,28,34,37H,4,7-9,12-15H2,1H3/t16-,19?,26+,28-/m1/s1. The van der Waals surface area contributed by atoms with E-state index in [9.17, 15) is 13.9 Å². The molecule has 0 bridgehead atoms. The maximum atomic E-state index is 15.7. The van der Waals surface area contributed by atoms with Crippen molar-refractivity contribution in [3.05, 3.63) is 70.4 Å². The number of alkyl halides is 3. The fourth-order valence-corrected chi connectivity index (χ4v) is 5.95. The van der Waals surface area contributed by atoms with Crippen LogP contribution < -0.4 is 0 Å². The number of benzene rings is 2. The Morgan fingerprint density at radius 3 is 2.49 bits per heavy atom. The van der Waals surface area contributed by atoms with E-state index in [-0.39, 0.29) is 23.7 Å². The minimum Gasteiger partial charge on any atom is -0.393 e. The molecule has 2 aliphatic rings. The van der Waals surface area contributed by atoms with Gasteiger partial charge in [0.05, 0.1) is 19.3 Å². The van der Waals surface area contributed by atoms with Crippen LogP contribution in [0.3, 0.4) is 0 Å². The number of aliphatic hydroxyl groups is 1. The van der Waals surface area contributed by atoms with Crippen LogP contribution in [0.2, 0.25) is 0 Å². The SMILES string of the molecule is C[C@@H]1Cc2c([nH]c3ccccc23)[C@@H](c2c(F)cc([C@H](F)C3CN(CCCF)C3)cc2F)N1CC(F)CO. The average Bonchev–Trinajstić information content (AvgIpc) is 3.22. The number of hydrogen-bond donors (Lipinski definition) is 2. The van der Waals surface area contributed by atoms with Crippen LogP contribution >= 0.6 is 0 Å². The number of halogens is 5. The lowest BCUT2D eigenvalue weighted by Gasteiger charge is -2.42. The van der Waals surface area contributed by atoms with E-state index in [0.29, 0.717) is 38.2 Å². The summed E-state index contributed by atoms with van der Waals surface area (Å²) >= 11 is 0. The van der Waals surface area contributed by atoms with Crippen LogP contribution in [0.1, 0.15) is 47.9 Å². The summed E-state index contributed by atoms with van der Waals surface area (Å²) in [5.74, 6) is -2.19. The fraction of sp³-hybridized carbons (Fsp3) is 0.500. The van der Waals surface area contributed by atoms with Gasteiger partial charge in [-0.2, -0.15) is 0 Å². The first-order chi connectivity index (χ1) is 17.8. The molecule has 5 rings (SSSR count). The maximum Gasteiger partial charge on any atom is 0.136 e. The van der Waals surface area contributed by atoms with Gasteiger partial charge in [0.1, 0.15) is 24.0 Å². The quantitative estimate of drug-likeness (QED) is 0.370. The Bertz CT molecular complexity index is 1220. The number of para-hydroxylation sites is 1. The summed E-state index contributed by atoms with van der Waals surface area (Å²) in [5, 5.41) is 10.3. The van der Waals surface area contributed by atoms with E-state index in [2.05, 4.69) is 4.98 Å². The van der Waals surface area contributed by atoms with Crippen LogP contribution in [0, 0.1) is 17.6 Å². The van der Waals surface area contributed by atoms with Crippen molar-refractivity contribution in [2.75, 3.05) is 39.5 Å². The molecule has 0 radical (unpaired) electrons. The van der Waals surface area contributed by atoms with Gasteiger partial charge in [0, 0.05) is 60.3 Å². The number of hydrogen-bond acceptors (Lipinski definition) is 3. The summed E-state index contributed by atoms with van der Waals surface area (Å²) in [5.41, 5.74) is 1.97. The lowest BCUT2D eigenvalue weighted by molar-refractivity contribution is 0.0360. The summed E-state index contributed by atoms with van der Waals surface area (Å²) in [6, 6.07) is 8.43. The van der Waals surface area contributed by atoms with Gasteiger partial charge < -0.3 is 15.0 Å². The smallest absolute Gasteiger partial charge is 0.136 e. The number of aromatic nitrogens is 1. The van der Waals surface area contributed by atoms with Gasteiger partial charge in [0.25, 0.3) is 0 Å². The van der Waals surface area contributed by atoms with E-state index in [1.807, 2.05) is 36.1 Å². The van der Waals surface area contributed by atoms with Crippen molar-refractivity contribution >= 4 is 10.9 Å². The highest BCUT2D eigenvalue weighted by atomic mass is 19.1. The van der Waals surface area contributed by atoms with E-state index in [4.69, 9.17) is 0 Å². The highest BCUT2D eigenvalue weighted by Crippen LogP contribution is 2.43. The second-order valence-electron chi connectivity index (χ2n) is 10.4.